The predicted molar refractivity (Wildman–Crippen MR) is 113 cm³/mol. The maximum absolute atomic E-state index is 11.0. The molecule has 2 nitrogen and oxygen atoms in total. The largest absolute Gasteiger partial charge is 3.00 e. The summed E-state index contributed by atoms with van der Waals surface area (Å²) in [4.78, 5) is 0. The van der Waals surface area contributed by atoms with Gasteiger partial charge in [0.15, 0.2) is 0 Å². The Morgan fingerprint density at radius 3 is 2.39 bits per heavy atom. The normalized spacial score (nSPS) is 27.1. The van der Waals surface area contributed by atoms with Gasteiger partial charge in [-0.05, 0) is 55.6 Å². The van der Waals surface area contributed by atoms with Crippen molar-refractivity contribution in [3.05, 3.63) is 42.3 Å². The minimum absolute atomic E-state index is 0. The van der Waals surface area contributed by atoms with Crippen molar-refractivity contribution >= 4 is 0 Å². The Kier molecular flexibility index (Phi) is 10.1. The molecule has 0 heterocycles. The van der Waals surface area contributed by atoms with Gasteiger partial charge in [-0.3, -0.25) is 0 Å². The van der Waals surface area contributed by atoms with Crippen LogP contribution >= 0.6 is 0 Å². The summed E-state index contributed by atoms with van der Waals surface area (Å²) in [7, 11) is 0. The van der Waals surface area contributed by atoms with Crippen LogP contribution in [0.15, 0.2) is 24.3 Å². The van der Waals surface area contributed by atoms with Gasteiger partial charge in [-0.2, -0.15) is 6.42 Å². The second kappa shape index (κ2) is 11.6. The fraction of sp³-hybridized carbons (Fsp3) is 0.720. The fourth-order valence-electron chi connectivity index (χ4n) is 5.68. The Bertz CT molecular complexity index is 566. The smallest absolute Gasteiger partial charge is 0.392 e. The van der Waals surface area contributed by atoms with E-state index in [1.54, 1.807) is 0 Å². The molecule has 2 N–H and O–H groups in total. The first-order valence-electron chi connectivity index (χ1n) is 11.4. The van der Waals surface area contributed by atoms with Crippen molar-refractivity contribution in [2.45, 2.75) is 102 Å². The van der Waals surface area contributed by atoms with Crippen molar-refractivity contribution < 1.29 is 42.9 Å². The SMILES string of the molecule is [CH2-]CCCCCC1CCC(O)C1c1ccc(C(O)C2(CCC)CCC2)cc1.[Y+3]. The van der Waals surface area contributed by atoms with Gasteiger partial charge in [-0.1, -0.05) is 63.3 Å². The Balaban J connectivity index is 0.00000280. The number of hydrogen-bond acceptors (Lipinski definition) is 2. The molecule has 0 saturated heterocycles. The van der Waals surface area contributed by atoms with Crippen LogP contribution in [0.4, 0.5) is 0 Å². The van der Waals surface area contributed by atoms with Crippen molar-refractivity contribution in [1.29, 1.82) is 0 Å². The van der Waals surface area contributed by atoms with E-state index in [9.17, 15) is 10.2 Å². The molecule has 0 radical (unpaired) electrons. The first-order valence-corrected chi connectivity index (χ1v) is 11.4. The zero-order valence-electron chi connectivity index (χ0n) is 17.8. The molecule has 152 valence electrons. The van der Waals surface area contributed by atoms with E-state index in [1.165, 1.54) is 37.7 Å². The van der Waals surface area contributed by atoms with Crippen molar-refractivity contribution in [2.24, 2.45) is 11.3 Å². The number of aliphatic hydroxyl groups is 2. The molecule has 4 atom stereocenters. The molecule has 2 aliphatic carbocycles. The molecule has 28 heavy (non-hydrogen) atoms. The van der Waals surface area contributed by atoms with Crippen LogP contribution in [-0.4, -0.2) is 16.3 Å². The second-order valence-electron chi connectivity index (χ2n) is 9.17. The standard InChI is InChI=1S/C25H39O2.Y/c1-3-5-6-7-9-19-14-15-22(26)23(19)20-10-12-21(13-11-20)24(27)25(16-4-2)17-8-18-25;/h10-13,19,22-24,26-27H,1,3-9,14-18H2,2H3;/q-1;+3. The molecule has 3 heteroatoms. The summed E-state index contributed by atoms with van der Waals surface area (Å²) in [5.41, 5.74) is 2.43. The Morgan fingerprint density at radius 1 is 1.11 bits per heavy atom. The van der Waals surface area contributed by atoms with Crippen molar-refractivity contribution in [3.8, 4) is 0 Å². The van der Waals surface area contributed by atoms with Gasteiger partial charge in [0.05, 0.1) is 12.2 Å². The first-order chi connectivity index (χ1) is 13.1. The Labute approximate surface area is 197 Å². The monoisotopic (exact) mass is 460 g/mol. The topological polar surface area (TPSA) is 40.5 Å². The number of rotatable bonds is 10. The van der Waals surface area contributed by atoms with Gasteiger partial charge < -0.3 is 17.1 Å². The molecule has 4 unspecified atom stereocenters. The molecule has 0 spiro atoms. The number of hydrogen-bond donors (Lipinski definition) is 2. The van der Waals surface area contributed by atoms with Gasteiger partial charge >= 0.3 is 32.7 Å². The van der Waals surface area contributed by atoms with Crippen LogP contribution < -0.4 is 0 Å². The van der Waals surface area contributed by atoms with E-state index in [0.717, 1.165) is 50.5 Å². The molecule has 1 aromatic rings. The summed E-state index contributed by atoms with van der Waals surface area (Å²) >= 11 is 0. The molecule has 0 bridgehead atoms. The first kappa shape index (κ1) is 24.5. The van der Waals surface area contributed by atoms with Gasteiger partial charge in [0, 0.05) is 11.3 Å². The summed E-state index contributed by atoms with van der Waals surface area (Å²) in [6.45, 7) is 6.15. The average molecular weight is 460 g/mol. The van der Waals surface area contributed by atoms with Crippen molar-refractivity contribution in [3.63, 3.8) is 0 Å². The molecule has 2 fully saturated rings. The Morgan fingerprint density at radius 2 is 1.82 bits per heavy atom. The van der Waals surface area contributed by atoms with E-state index in [4.69, 9.17) is 0 Å². The number of unbranched alkanes of at least 4 members (excludes halogenated alkanes) is 3. The third-order valence-corrected chi connectivity index (χ3v) is 7.39. The fourth-order valence-corrected chi connectivity index (χ4v) is 5.68. The van der Waals surface area contributed by atoms with Crippen molar-refractivity contribution in [2.75, 3.05) is 0 Å². The van der Waals surface area contributed by atoms with Gasteiger partial charge in [-0.25, -0.2) is 0 Å². The van der Waals surface area contributed by atoms with Crippen LogP contribution in [0.5, 0.6) is 0 Å². The maximum Gasteiger partial charge on any atom is 3.00 e. The van der Waals surface area contributed by atoms with Crippen molar-refractivity contribution in [1.82, 2.24) is 0 Å². The summed E-state index contributed by atoms with van der Waals surface area (Å²) in [6.07, 6.45) is 13.3. The molecule has 1 aromatic carbocycles. The number of aliphatic hydroxyl groups excluding tert-OH is 2. The summed E-state index contributed by atoms with van der Waals surface area (Å²) < 4.78 is 0. The summed E-state index contributed by atoms with van der Waals surface area (Å²) in [6, 6.07) is 8.61. The molecule has 3 rings (SSSR count). The van der Waals surface area contributed by atoms with Crippen LogP contribution in [0.1, 0.15) is 107 Å². The third-order valence-electron chi connectivity index (χ3n) is 7.39. The van der Waals surface area contributed by atoms with Crippen LogP contribution in [0.2, 0.25) is 0 Å². The quantitative estimate of drug-likeness (QED) is 0.317. The average Bonchev–Trinajstić information content (AvgIpc) is 3.02. The van der Waals surface area contributed by atoms with Gasteiger partial charge in [-0.15, -0.1) is 0 Å². The molecule has 0 amide bonds. The van der Waals surface area contributed by atoms with E-state index in [2.05, 4.69) is 38.1 Å². The number of benzene rings is 1. The Hall–Kier alpha value is 0.244. The molecule has 2 aliphatic rings. The molecule has 0 aromatic heterocycles. The van der Waals surface area contributed by atoms with E-state index in [-0.39, 0.29) is 56.3 Å². The van der Waals surface area contributed by atoms with E-state index < -0.39 is 0 Å². The van der Waals surface area contributed by atoms with Gasteiger partial charge in [0.1, 0.15) is 0 Å². The van der Waals surface area contributed by atoms with Crippen LogP contribution in [-0.2, 0) is 32.7 Å². The summed E-state index contributed by atoms with van der Waals surface area (Å²) in [5.74, 6) is 0.864. The zero-order valence-corrected chi connectivity index (χ0v) is 20.6. The van der Waals surface area contributed by atoms with Gasteiger partial charge in [0.2, 0.25) is 0 Å². The zero-order chi connectivity index (χ0) is 19.3. The van der Waals surface area contributed by atoms with E-state index in [0.29, 0.717) is 5.92 Å². The predicted octanol–water partition coefficient (Wildman–Crippen LogP) is 6.33. The molecule has 2 saturated carbocycles. The van der Waals surface area contributed by atoms with Gasteiger partial charge in [0.25, 0.3) is 0 Å². The molecular formula is C25H39O2Y+2. The summed E-state index contributed by atoms with van der Waals surface area (Å²) in [5, 5.41) is 21.6. The maximum atomic E-state index is 11.0. The van der Waals surface area contributed by atoms with E-state index in [1.807, 2.05) is 0 Å². The van der Waals surface area contributed by atoms with Crippen LogP contribution in [0.25, 0.3) is 0 Å². The van der Waals surface area contributed by atoms with E-state index >= 15 is 0 Å². The molecule has 0 aliphatic heterocycles. The van der Waals surface area contributed by atoms with Crippen LogP contribution in [0.3, 0.4) is 0 Å². The minimum atomic E-state index is -0.341. The molecular weight excluding hydrogens is 421 g/mol. The second-order valence-corrected chi connectivity index (χ2v) is 9.17. The minimum Gasteiger partial charge on any atom is -0.392 e. The van der Waals surface area contributed by atoms with Crippen LogP contribution in [0, 0.1) is 18.3 Å². The third kappa shape index (κ3) is 5.48.